The van der Waals surface area contributed by atoms with Gasteiger partial charge in [-0.25, -0.2) is 9.97 Å². The Morgan fingerprint density at radius 3 is 2.77 bits per heavy atom. The molecule has 1 aliphatic rings. The average Bonchev–Trinajstić information content (AvgIpc) is 3.52. The van der Waals surface area contributed by atoms with E-state index in [0.29, 0.717) is 18.3 Å². The smallest absolute Gasteiger partial charge is 0.143 e. The highest BCUT2D eigenvalue weighted by Gasteiger charge is 2.28. The molecule has 0 spiro atoms. The average molecular weight is 403 g/mol. The lowest BCUT2D eigenvalue weighted by molar-refractivity contribution is 0.808. The second-order valence-electron chi connectivity index (χ2n) is 7.85. The molecule has 2 aromatic heterocycles. The van der Waals surface area contributed by atoms with Gasteiger partial charge in [0.1, 0.15) is 11.6 Å². The molecule has 30 heavy (non-hydrogen) atoms. The van der Waals surface area contributed by atoms with Crippen LogP contribution in [0.25, 0.3) is 22.4 Å². The van der Waals surface area contributed by atoms with Gasteiger partial charge in [0, 0.05) is 30.9 Å². The summed E-state index contributed by atoms with van der Waals surface area (Å²) in [7, 11) is 0. The summed E-state index contributed by atoms with van der Waals surface area (Å²) < 4.78 is 2.11. The highest BCUT2D eigenvalue weighted by molar-refractivity contribution is 5.94. The van der Waals surface area contributed by atoms with Crippen molar-refractivity contribution in [2.24, 2.45) is 0 Å². The predicted molar refractivity (Wildman–Crippen MR) is 124 cm³/mol. The van der Waals surface area contributed by atoms with Crippen LogP contribution in [0.15, 0.2) is 48.8 Å². The topological polar surface area (TPSA) is 69.8 Å². The molecular formula is C24H30N6. The number of fused-ring (bicyclic) bond motifs is 1. The molecule has 156 valence electrons. The molecule has 2 heterocycles. The molecule has 6 heteroatoms. The Kier molecular flexibility index (Phi) is 5.84. The Labute approximate surface area is 178 Å². The maximum absolute atomic E-state index is 8.39. The van der Waals surface area contributed by atoms with Crippen LogP contribution in [0.3, 0.4) is 0 Å². The van der Waals surface area contributed by atoms with E-state index in [2.05, 4.69) is 59.0 Å². The van der Waals surface area contributed by atoms with Crippen LogP contribution in [0.2, 0.25) is 0 Å². The predicted octanol–water partition coefficient (Wildman–Crippen LogP) is 4.54. The van der Waals surface area contributed by atoms with Crippen molar-refractivity contribution >= 4 is 22.6 Å². The molecule has 1 aromatic carbocycles. The fourth-order valence-corrected chi connectivity index (χ4v) is 3.80. The molecular weight excluding hydrogens is 372 g/mol. The molecule has 0 aliphatic heterocycles. The first kappa shape index (κ1) is 20.1. The molecule has 0 saturated heterocycles. The van der Waals surface area contributed by atoms with E-state index in [4.69, 9.17) is 15.4 Å². The first-order valence-corrected chi connectivity index (χ1v) is 10.8. The molecule has 0 amide bonds. The zero-order valence-corrected chi connectivity index (χ0v) is 18.0. The van der Waals surface area contributed by atoms with Crippen LogP contribution >= 0.6 is 0 Å². The van der Waals surface area contributed by atoms with Crippen molar-refractivity contribution in [1.82, 2.24) is 19.9 Å². The van der Waals surface area contributed by atoms with Gasteiger partial charge in [-0.2, -0.15) is 0 Å². The maximum atomic E-state index is 8.39. The number of hydrogen-bond acceptors (Lipinski definition) is 5. The van der Waals surface area contributed by atoms with Crippen LogP contribution in [-0.4, -0.2) is 39.4 Å². The number of benzene rings is 1. The SMILES string of the molecule is CCN/C=C\C(=N)Cn1c(-c2ccc(N(CC)C3CC3)nc2)nc2cc(C)ccc21. The Hall–Kier alpha value is -3.15. The summed E-state index contributed by atoms with van der Waals surface area (Å²) in [6.45, 7) is 8.58. The second kappa shape index (κ2) is 8.69. The molecule has 2 N–H and O–H groups in total. The summed E-state index contributed by atoms with van der Waals surface area (Å²) in [6.07, 6.45) is 8.08. The van der Waals surface area contributed by atoms with E-state index >= 15 is 0 Å². The number of aromatic nitrogens is 3. The number of hydrogen-bond donors (Lipinski definition) is 2. The molecule has 0 radical (unpaired) electrons. The van der Waals surface area contributed by atoms with E-state index < -0.39 is 0 Å². The van der Waals surface area contributed by atoms with Crippen molar-refractivity contribution in [3.63, 3.8) is 0 Å². The van der Waals surface area contributed by atoms with Gasteiger partial charge >= 0.3 is 0 Å². The van der Waals surface area contributed by atoms with Gasteiger partial charge in [0.05, 0.1) is 23.3 Å². The van der Waals surface area contributed by atoms with E-state index in [9.17, 15) is 0 Å². The lowest BCUT2D eigenvalue weighted by atomic mass is 10.2. The van der Waals surface area contributed by atoms with Crippen LogP contribution in [0.1, 0.15) is 32.3 Å². The first-order valence-electron chi connectivity index (χ1n) is 10.8. The standard InChI is InChI=1S/C24H30N6/c1-4-26-13-12-19(25)16-30-22-10-6-17(3)14-21(22)28-24(30)18-7-11-23(27-15-18)29(5-2)20-8-9-20/h6-7,10-15,20,25-26H,4-5,8-9,16H2,1-3H3/b13-12-,25-19?. The fourth-order valence-electron chi connectivity index (χ4n) is 3.80. The molecule has 1 aliphatic carbocycles. The van der Waals surface area contributed by atoms with Crippen molar-refractivity contribution < 1.29 is 0 Å². The fraction of sp³-hybridized carbons (Fsp3) is 0.375. The van der Waals surface area contributed by atoms with Crippen LogP contribution in [0, 0.1) is 12.3 Å². The number of anilines is 1. The lowest BCUT2D eigenvalue weighted by Crippen LogP contribution is -2.25. The summed E-state index contributed by atoms with van der Waals surface area (Å²) >= 11 is 0. The molecule has 4 rings (SSSR count). The number of allylic oxidation sites excluding steroid dienone is 1. The summed E-state index contributed by atoms with van der Waals surface area (Å²) in [6, 6.07) is 11.1. The number of aryl methyl sites for hydroxylation is 1. The molecule has 6 nitrogen and oxygen atoms in total. The minimum atomic E-state index is 0.460. The summed E-state index contributed by atoms with van der Waals surface area (Å²) in [5.41, 5.74) is 4.66. The van der Waals surface area contributed by atoms with Gasteiger partial charge in [-0.15, -0.1) is 0 Å². The summed E-state index contributed by atoms with van der Waals surface area (Å²) in [5.74, 6) is 1.88. The van der Waals surface area contributed by atoms with Gasteiger partial charge in [-0.1, -0.05) is 6.07 Å². The number of imidazole rings is 1. The lowest BCUT2D eigenvalue weighted by Gasteiger charge is -2.21. The monoisotopic (exact) mass is 402 g/mol. The number of nitrogens with zero attached hydrogens (tertiary/aromatic N) is 4. The number of pyridine rings is 1. The van der Waals surface area contributed by atoms with Gasteiger partial charge in [-0.3, -0.25) is 0 Å². The summed E-state index contributed by atoms with van der Waals surface area (Å²) in [5, 5.41) is 11.5. The molecule has 0 atom stereocenters. The normalized spacial score (nSPS) is 13.8. The molecule has 0 bridgehead atoms. The largest absolute Gasteiger partial charge is 0.391 e. The van der Waals surface area contributed by atoms with Crippen molar-refractivity contribution in [3.8, 4) is 11.4 Å². The zero-order valence-electron chi connectivity index (χ0n) is 18.0. The minimum absolute atomic E-state index is 0.460. The number of rotatable bonds is 9. The highest BCUT2D eigenvalue weighted by atomic mass is 15.2. The second-order valence-corrected chi connectivity index (χ2v) is 7.85. The first-order chi connectivity index (χ1) is 14.6. The Morgan fingerprint density at radius 1 is 1.27 bits per heavy atom. The van der Waals surface area contributed by atoms with Gasteiger partial charge in [-0.05, 0) is 75.7 Å². The summed E-state index contributed by atoms with van der Waals surface area (Å²) in [4.78, 5) is 12.0. The van der Waals surface area contributed by atoms with Gasteiger partial charge in [0.2, 0.25) is 0 Å². The third-order valence-electron chi connectivity index (χ3n) is 5.47. The Bertz CT molecular complexity index is 1060. The molecule has 1 saturated carbocycles. The van der Waals surface area contributed by atoms with Crippen molar-refractivity contribution in [2.45, 2.75) is 46.2 Å². The quantitative estimate of drug-likeness (QED) is 0.516. The Balaban J connectivity index is 1.69. The third kappa shape index (κ3) is 4.22. The van der Waals surface area contributed by atoms with E-state index in [1.807, 2.05) is 25.4 Å². The van der Waals surface area contributed by atoms with Gasteiger partial charge < -0.3 is 20.2 Å². The van der Waals surface area contributed by atoms with Crippen LogP contribution in [-0.2, 0) is 6.54 Å². The molecule has 1 fully saturated rings. The maximum Gasteiger partial charge on any atom is 0.143 e. The van der Waals surface area contributed by atoms with Crippen molar-refractivity contribution in [2.75, 3.05) is 18.0 Å². The highest BCUT2D eigenvalue weighted by Crippen LogP contribution is 2.31. The minimum Gasteiger partial charge on any atom is -0.391 e. The van der Waals surface area contributed by atoms with E-state index in [-0.39, 0.29) is 0 Å². The van der Waals surface area contributed by atoms with E-state index in [1.54, 1.807) is 0 Å². The Morgan fingerprint density at radius 2 is 2.10 bits per heavy atom. The van der Waals surface area contributed by atoms with Crippen LogP contribution in [0.5, 0.6) is 0 Å². The zero-order chi connectivity index (χ0) is 21.1. The van der Waals surface area contributed by atoms with E-state index in [1.165, 1.54) is 18.4 Å². The molecule has 0 unspecified atom stereocenters. The van der Waals surface area contributed by atoms with Gasteiger partial charge in [0.15, 0.2) is 0 Å². The van der Waals surface area contributed by atoms with Crippen molar-refractivity contribution in [3.05, 3.63) is 54.4 Å². The van der Waals surface area contributed by atoms with E-state index in [0.717, 1.165) is 41.3 Å². The van der Waals surface area contributed by atoms with Crippen LogP contribution in [0.4, 0.5) is 5.82 Å². The van der Waals surface area contributed by atoms with Crippen molar-refractivity contribution in [1.29, 1.82) is 5.41 Å². The number of nitrogens with one attached hydrogen (secondary N) is 2. The third-order valence-corrected chi connectivity index (χ3v) is 5.47. The van der Waals surface area contributed by atoms with Gasteiger partial charge in [0.25, 0.3) is 0 Å². The van der Waals surface area contributed by atoms with Crippen LogP contribution < -0.4 is 10.2 Å². The molecule has 3 aromatic rings.